The Bertz CT molecular complexity index is 3960. The molecule has 76 heavy (non-hydrogen) atoms. The van der Waals surface area contributed by atoms with Gasteiger partial charge in [-0.2, -0.15) is 10.1 Å². The fraction of sp³-hybridized carbons (Fsp3) is 0.394. The van der Waals surface area contributed by atoms with Crippen LogP contribution in [0.2, 0.25) is 0 Å². The summed E-state index contributed by atoms with van der Waals surface area (Å²) in [5, 5.41) is 38.9. The Balaban J connectivity index is 1.11. The highest BCUT2D eigenvalue weighted by molar-refractivity contribution is 6.44. The highest BCUT2D eigenvalue weighted by Crippen LogP contribution is 2.49. The molecule has 0 aliphatic carbocycles. The Labute approximate surface area is 444 Å². The minimum Gasteiger partial charge on any atom is -0.313 e. The third-order valence-corrected chi connectivity index (χ3v) is 18.7. The van der Waals surface area contributed by atoms with E-state index in [9.17, 15) is 20.0 Å². The number of fused-ring (bicyclic) bond motifs is 4. The Morgan fingerprint density at radius 3 is 1.17 bits per heavy atom. The second-order valence-electron chi connectivity index (χ2n) is 26.5. The highest BCUT2D eigenvalue weighted by Gasteiger charge is 2.46. The Morgan fingerprint density at radius 1 is 0.434 bits per heavy atom. The molecule has 12 rings (SSSR count). The molecule has 2 saturated heterocycles. The van der Waals surface area contributed by atoms with Crippen molar-refractivity contribution in [2.24, 2.45) is 0 Å². The number of nitrogens with zero attached hydrogens (tertiary/aromatic N) is 4. The quantitative estimate of drug-likeness (QED) is 0.0993. The van der Waals surface area contributed by atoms with Crippen LogP contribution in [0, 0.1) is 0 Å². The molecule has 0 saturated carbocycles. The van der Waals surface area contributed by atoms with Gasteiger partial charge in [-0.15, -0.1) is 0 Å². The highest BCUT2D eigenvalue weighted by atomic mass is 16.5. The van der Waals surface area contributed by atoms with E-state index in [2.05, 4.69) is 106 Å². The molecule has 0 radical (unpaired) electrons. The third-order valence-electron chi connectivity index (χ3n) is 18.7. The number of imide groups is 2. The second-order valence-corrected chi connectivity index (χ2v) is 26.5. The van der Waals surface area contributed by atoms with E-state index < -0.39 is 39.5 Å². The number of hydrogen-bond acceptors (Lipinski definition) is 8. The lowest BCUT2D eigenvalue weighted by Gasteiger charge is -2.50. The van der Waals surface area contributed by atoms with Gasteiger partial charge < -0.3 is 10.4 Å². The van der Waals surface area contributed by atoms with Crippen molar-refractivity contribution in [3.63, 3.8) is 0 Å². The number of amides is 4. The molecular formula is C66H70N4O6. The van der Waals surface area contributed by atoms with Gasteiger partial charge in [0, 0.05) is 60.7 Å². The van der Waals surface area contributed by atoms with E-state index in [4.69, 9.17) is 0 Å². The van der Waals surface area contributed by atoms with E-state index in [0.717, 1.165) is 70.7 Å². The predicted molar refractivity (Wildman–Crippen MR) is 307 cm³/mol. The van der Waals surface area contributed by atoms with Crippen LogP contribution >= 0.6 is 0 Å². The number of carbonyl (C=O) groups is 4. The molecule has 8 aromatic rings. The maximum Gasteiger partial charge on any atom is 0.265 e. The van der Waals surface area contributed by atoms with Crippen LogP contribution in [0.1, 0.15) is 182 Å². The molecule has 0 spiro atoms. The number of benzene rings is 8. The molecule has 0 unspecified atom stereocenters. The summed E-state index contributed by atoms with van der Waals surface area (Å²) in [6.07, 6.45) is 3.97. The fourth-order valence-corrected chi connectivity index (χ4v) is 14.5. The van der Waals surface area contributed by atoms with Gasteiger partial charge in [0.25, 0.3) is 23.6 Å². The zero-order chi connectivity index (χ0) is 54.5. The van der Waals surface area contributed by atoms with Crippen molar-refractivity contribution in [3.8, 4) is 0 Å². The van der Waals surface area contributed by atoms with E-state index in [1.165, 1.54) is 36.6 Å². The average molecular weight is 1020 g/mol. The second kappa shape index (κ2) is 16.0. The summed E-state index contributed by atoms with van der Waals surface area (Å²) < 4.78 is 0. The molecular weight excluding hydrogens is 945 g/mol. The van der Waals surface area contributed by atoms with E-state index in [0.29, 0.717) is 70.8 Å². The molecule has 2 N–H and O–H groups in total. The number of piperidine rings is 2. The largest absolute Gasteiger partial charge is 0.313 e. The van der Waals surface area contributed by atoms with E-state index in [-0.39, 0.29) is 17.2 Å². The number of hydrogen-bond donors (Lipinski definition) is 2. The van der Waals surface area contributed by atoms with Gasteiger partial charge in [0.05, 0.1) is 5.69 Å². The Hall–Kier alpha value is -6.56. The van der Waals surface area contributed by atoms with E-state index in [1.54, 1.807) is 0 Å². The van der Waals surface area contributed by atoms with E-state index in [1.807, 2.05) is 75.4 Å². The fourth-order valence-electron chi connectivity index (χ4n) is 14.5. The standard InChI is InChI=1S/C66H70N4O6/c1-15-61(3,4)37-17-19-43-49(29-37)51(35-31-63(7,8)69(75)64(9,10)32-35)44-20-18-38(30-50(44)52(43)36-33-65(11,12)70(76)66(13,14)34-36)67-57(71)45-25-21-39-41-23-27-47-56-48(60(74)68(59(47)73)62(5,6)16-2)28-24-42(54(41)56)40-22-26-46(58(67)72)55(45)53(39)40/h17-30,75-76H,15-16,31-34H2,1-14H3. The van der Waals surface area contributed by atoms with Crippen LogP contribution in [0.15, 0.2) is 84.9 Å². The smallest absolute Gasteiger partial charge is 0.265 e. The lowest BCUT2D eigenvalue weighted by molar-refractivity contribution is -0.228. The van der Waals surface area contributed by atoms with Crippen molar-refractivity contribution >= 4 is 105 Å². The van der Waals surface area contributed by atoms with Crippen LogP contribution in [-0.4, -0.2) is 76.8 Å². The monoisotopic (exact) mass is 1010 g/mol. The normalized spacial score (nSPS) is 20.1. The SMILES string of the molecule is CCC(C)(C)c1ccc2c(=C3CC(C)(C)N(O)C(C)(C)C3)c3cc(N4C(=O)c5ccc6c7ccc8c9c(ccc(c%10ccc(c5c6%10)C4=O)c97)C(=O)N(C(C)(C)CC)C8=O)ccc3c(=C3CC(C)(C)N(O)C(C)(C)C3)c2c1. The minimum absolute atomic E-state index is 0.110. The first kappa shape index (κ1) is 50.3. The zero-order valence-corrected chi connectivity index (χ0v) is 46.6. The van der Waals surface area contributed by atoms with Gasteiger partial charge in [-0.05, 0) is 226 Å². The molecule has 10 heteroatoms. The maximum atomic E-state index is 15.5. The van der Waals surface area contributed by atoms with Gasteiger partial charge in [0.15, 0.2) is 0 Å². The summed E-state index contributed by atoms with van der Waals surface area (Å²) in [5.41, 5.74) is 2.78. The summed E-state index contributed by atoms with van der Waals surface area (Å²) in [6.45, 7) is 29.3. The summed E-state index contributed by atoms with van der Waals surface area (Å²) >= 11 is 0. The summed E-state index contributed by atoms with van der Waals surface area (Å²) in [7, 11) is 0. The first-order chi connectivity index (χ1) is 35.6. The summed E-state index contributed by atoms with van der Waals surface area (Å²) in [6, 6.07) is 28.2. The van der Waals surface area contributed by atoms with Crippen LogP contribution in [0.4, 0.5) is 5.69 Å². The number of anilines is 1. The van der Waals surface area contributed by atoms with Crippen molar-refractivity contribution in [2.45, 2.75) is 169 Å². The van der Waals surface area contributed by atoms with Gasteiger partial charge in [-0.3, -0.25) is 24.1 Å². The van der Waals surface area contributed by atoms with Crippen LogP contribution in [0.3, 0.4) is 0 Å². The topological polar surface area (TPSA) is 122 Å². The summed E-state index contributed by atoms with van der Waals surface area (Å²) in [5.74, 6) is -1.46. The van der Waals surface area contributed by atoms with Gasteiger partial charge in [-0.1, -0.05) is 81.3 Å². The summed E-state index contributed by atoms with van der Waals surface area (Å²) in [4.78, 5) is 62.2. The minimum atomic E-state index is -0.681. The lowest BCUT2D eigenvalue weighted by atomic mass is 9.74. The van der Waals surface area contributed by atoms with Crippen molar-refractivity contribution in [2.75, 3.05) is 4.90 Å². The number of rotatable bonds is 5. The molecule has 4 aliphatic rings. The van der Waals surface area contributed by atoms with Gasteiger partial charge >= 0.3 is 0 Å². The van der Waals surface area contributed by atoms with Crippen molar-refractivity contribution < 1.29 is 29.6 Å². The van der Waals surface area contributed by atoms with Crippen LogP contribution in [0.5, 0.6) is 0 Å². The predicted octanol–water partition coefficient (Wildman–Crippen LogP) is 13.7. The number of hydroxylamine groups is 4. The molecule has 390 valence electrons. The van der Waals surface area contributed by atoms with Crippen molar-refractivity contribution in [1.29, 1.82) is 0 Å². The molecule has 4 aliphatic heterocycles. The van der Waals surface area contributed by atoms with Crippen molar-refractivity contribution in [1.82, 2.24) is 15.0 Å². The van der Waals surface area contributed by atoms with Gasteiger partial charge in [-0.25, -0.2) is 4.90 Å². The first-order valence-corrected chi connectivity index (χ1v) is 27.3. The molecule has 0 aromatic heterocycles. The molecule has 4 heterocycles. The Morgan fingerprint density at radius 2 is 0.789 bits per heavy atom. The molecule has 2 fully saturated rings. The lowest BCUT2D eigenvalue weighted by Crippen LogP contribution is -2.57. The Kier molecular flexibility index (Phi) is 10.6. The maximum absolute atomic E-state index is 15.5. The average Bonchev–Trinajstić information content (AvgIpc) is 3.46. The first-order valence-electron chi connectivity index (χ1n) is 27.3. The van der Waals surface area contributed by atoms with Crippen LogP contribution in [-0.2, 0) is 5.41 Å². The van der Waals surface area contributed by atoms with Crippen molar-refractivity contribution in [3.05, 3.63) is 123 Å². The van der Waals surface area contributed by atoms with Gasteiger partial charge in [0.2, 0.25) is 0 Å². The van der Waals surface area contributed by atoms with Crippen LogP contribution < -0.4 is 15.3 Å². The molecule has 4 amide bonds. The van der Waals surface area contributed by atoms with E-state index >= 15 is 9.59 Å². The van der Waals surface area contributed by atoms with Gasteiger partial charge in [0.1, 0.15) is 0 Å². The molecule has 0 bridgehead atoms. The zero-order valence-electron chi connectivity index (χ0n) is 46.6. The molecule has 8 aromatic carbocycles. The molecule has 0 atom stereocenters. The number of carbonyl (C=O) groups excluding carboxylic acids is 4. The van der Waals surface area contributed by atoms with Crippen LogP contribution in [0.25, 0.3) is 75.8 Å². The molecule has 10 nitrogen and oxygen atoms in total. The third kappa shape index (κ3) is 6.79.